The minimum absolute atomic E-state index is 0.0224. The van der Waals surface area contributed by atoms with Crippen LogP contribution in [0.1, 0.15) is 54.9 Å². The Morgan fingerprint density at radius 1 is 0.375 bits per heavy atom. The highest BCUT2D eigenvalue weighted by Crippen LogP contribution is 2.28. The van der Waals surface area contributed by atoms with Gasteiger partial charge in [-0.1, -0.05) is 24.3 Å². The van der Waals surface area contributed by atoms with Gasteiger partial charge < -0.3 is 30.1 Å². The fourth-order valence-electron chi connectivity index (χ4n) is 7.65. The van der Waals surface area contributed by atoms with Crippen LogP contribution < -0.4 is 9.68 Å². The van der Waals surface area contributed by atoms with Crippen molar-refractivity contribution in [2.24, 2.45) is 0 Å². The van der Waals surface area contributed by atoms with Crippen molar-refractivity contribution >= 4 is 11.9 Å². The van der Waals surface area contributed by atoms with Gasteiger partial charge in [0, 0.05) is 63.5 Å². The largest absolute Gasteiger partial charge is 0.492 e. The van der Waals surface area contributed by atoms with Crippen molar-refractivity contribution in [3.8, 4) is 57.7 Å². The number of carbonyl (C=O) groups is 2. The normalized spacial score (nSPS) is 15.5. The Kier molecular flexibility index (Phi) is 10.2. The van der Waals surface area contributed by atoms with E-state index in [2.05, 4.69) is 9.80 Å². The molecule has 3 aliphatic rings. The van der Waals surface area contributed by atoms with Crippen LogP contribution in [-0.4, -0.2) is 81.5 Å². The number of aromatic nitrogens is 8. The van der Waals surface area contributed by atoms with Gasteiger partial charge in [0.2, 0.25) is 23.5 Å². The maximum atomic E-state index is 13.9. The zero-order chi connectivity index (χ0) is 43.9. The van der Waals surface area contributed by atoms with Crippen LogP contribution in [0.2, 0.25) is 0 Å². The highest BCUT2D eigenvalue weighted by molar-refractivity contribution is 5.93. The third-order valence-corrected chi connectivity index (χ3v) is 10.5. The summed E-state index contributed by atoms with van der Waals surface area (Å²) < 4.78 is 1.17. The first kappa shape index (κ1) is 39.6. The van der Waals surface area contributed by atoms with Crippen LogP contribution in [0.3, 0.4) is 0 Å². The van der Waals surface area contributed by atoms with E-state index in [1.54, 1.807) is 0 Å². The molecule has 64 heavy (non-hydrogen) atoms. The average molecular weight is 857 g/mol. The second-order valence-electron chi connectivity index (χ2n) is 15.3. The SMILES string of the molecule is O=C(On1c(O)ccc1O)c1cc2nc(c1)-c1cc(C(=O)On3c(O)ccc3O)cc(n1)CN1Cc3cccc(n3)-c3cccc(n3)CN(Cc3cccc(n3)-c3cccc(n3)C1)C2. The number of aromatic hydroxyl groups is 4. The molecule has 0 aliphatic carbocycles. The van der Waals surface area contributed by atoms with Crippen molar-refractivity contribution in [2.75, 3.05) is 0 Å². The number of rotatable bonds is 4. The number of hydrogen-bond acceptors (Lipinski definition) is 16. The zero-order valence-corrected chi connectivity index (χ0v) is 33.7. The molecule has 8 aromatic heterocycles. The number of pyridine rings is 6. The molecular formula is C46H36N10O8. The summed E-state index contributed by atoms with van der Waals surface area (Å²) in [5.41, 5.74) is 6.61. The van der Waals surface area contributed by atoms with Gasteiger partial charge in [-0.3, -0.25) is 9.80 Å². The Labute approximate surface area is 363 Å². The monoisotopic (exact) mass is 856 g/mol. The van der Waals surface area contributed by atoms with Crippen LogP contribution in [0.5, 0.6) is 23.5 Å². The van der Waals surface area contributed by atoms with Crippen LogP contribution in [0.4, 0.5) is 0 Å². The third-order valence-electron chi connectivity index (χ3n) is 10.5. The summed E-state index contributed by atoms with van der Waals surface area (Å²) in [6, 6.07) is 33.6. The van der Waals surface area contributed by atoms with Gasteiger partial charge in [0.15, 0.2) is 0 Å². The van der Waals surface area contributed by atoms with E-state index in [0.29, 0.717) is 69.8 Å². The molecule has 0 fully saturated rings. The number of hydrogen-bond donors (Lipinski definition) is 4. The zero-order valence-electron chi connectivity index (χ0n) is 33.7. The standard InChI is InChI=1S/C46H36N10O8/c57-41-13-14-42(58)55(41)63-45(61)27-17-33-25-53-21-29-5-1-9-35(47-29)36-10-2-6-30(48-36)23-54(24-32-8-4-12-38(50-32)37-11-3-7-31(22-53)49-37)26-34-18-28(20-40(52-34)39(19-27)51-33)46(62)64-56-43(59)15-16-44(56)60/h1-20,57-60H,21-26H2. The van der Waals surface area contributed by atoms with Gasteiger partial charge in [-0.2, -0.15) is 0 Å². The molecule has 0 aromatic carbocycles. The topological polar surface area (TPSA) is 227 Å². The molecule has 0 saturated carbocycles. The lowest BCUT2D eigenvalue weighted by Crippen LogP contribution is -2.26. The molecule has 18 nitrogen and oxygen atoms in total. The van der Waals surface area contributed by atoms with Crippen LogP contribution >= 0.6 is 0 Å². The molecule has 0 saturated heterocycles. The van der Waals surface area contributed by atoms with Crippen LogP contribution in [0.15, 0.2) is 121 Å². The minimum Gasteiger partial charge on any atom is -0.492 e. The fourth-order valence-corrected chi connectivity index (χ4v) is 7.65. The average Bonchev–Trinajstić information content (AvgIpc) is 3.79. The van der Waals surface area contributed by atoms with E-state index in [4.69, 9.17) is 39.6 Å². The first-order valence-electron chi connectivity index (χ1n) is 20.0. The summed E-state index contributed by atoms with van der Waals surface area (Å²) in [5, 5.41) is 41.3. The van der Waals surface area contributed by atoms with E-state index in [-0.39, 0.29) is 35.6 Å². The molecular weight excluding hydrogens is 821 g/mol. The third kappa shape index (κ3) is 8.28. The summed E-state index contributed by atoms with van der Waals surface area (Å²) in [6.45, 7) is 1.48. The molecule has 318 valence electrons. The van der Waals surface area contributed by atoms with Crippen molar-refractivity contribution in [3.63, 3.8) is 0 Å². The van der Waals surface area contributed by atoms with Crippen LogP contribution in [0.25, 0.3) is 34.2 Å². The first-order valence-corrected chi connectivity index (χ1v) is 20.0. The Morgan fingerprint density at radius 2 is 0.656 bits per heavy atom. The molecule has 0 spiro atoms. The van der Waals surface area contributed by atoms with E-state index in [1.807, 2.05) is 72.8 Å². The van der Waals surface area contributed by atoms with Gasteiger partial charge in [0.1, 0.15) is 0 Å². The minimum atomic E-state index is -0.950. The van der Waals surface area contributed by atoms with E-state index in [1.165, 1.54) is 48.5 Å². The van der Waals surface area contributed by atoms with Crippen molar-refractivity contribution in [3.05, 3.63) is 167 Å². The van der Waals surface area contributed by atoms with E-state index in [0.717, 1.165) is 22.8 Å². The summed E-state index contributed by atoms with van der Waals surface area (Å²) in [7, 11) is 0. The van der Waals surface area contributed by atoms with Crippen molar-refractivity contribution < 1.29 is 39.7 Å². The van der Waals surface area contributed by atoms with Crippen molar-refractivity contribution in [1.29, 1.82) is 0 Å². The molecule has 8 aromatic rings. The van der Waals surface area contributed by atoms with Crippen molar-refractivity contribution in [2.45, 2.75) is 39.3 Å². The van der Waals surface area contributed by atoms with Gasteiger partial charge in [-0.25, -0.2) is 39.5 Å². The van der Waals surface area contributed by atoms with E-state index < -0.39 is 35.5 Å². The predicted molar refractivity (Wildman–Crippen MR) is 226 cm³/mol. The summed E-state index contributed by atoms with van der Waals surface area (Å²) in [6.07, 6.45) is 0. The van der Waals surface area contributed by atoms with Crippen LogP contribution in [-0.2, 0) is 39.3 Å². The lowest BCUT2D eigenvalue weighted by atomic mass is 10.1. The summed E-state index contributed by atoms with van der Waals surface area (Å²) in [4.78, 5) is 73.1. The molecule has 14 bridgehead atoms. The Morgan fingerprint density at radius 3 is 0.969 bits per heavy atom. The maximum absolute atomic E-state index is 13.9. The summed E-state index contributed by atoms with van der Waals surface area (Å²) in [5.74, 6) is -3.95. The van der Waals surface area contributed by atoms with Crippen LogP contribution in [0, 0.1) is 0 Å². The highest BCUT2D eigenvalue weighted by Gasteiger charge is 2.24. The molecule has 0 amide bonds. The molecule has 11 heterocycles. The Bertz CT molecular complexity index is 2770. The first-order chi connectivity index (χ1) is 31.1. The highest BCUT2D eigenvalue weighted by atomic mass is 16.7. The van der Waals surface area contributed by atoms with Gasteiger partial charge >= 0.3 is 11.9 Å². The number of nitrogens with zero attached hydrogens (tertiary/aromatic N) is 10. The molecule has 0 unspecified atom stereocenters. The lowest BCUT2D eigenvalue weighted by Gasteiger charge is -2.24. The Balaban J connectivity index is 1.19. The Hall–Kier alpha value is -8.48. The molecule has 0 atom stereocenters. The number of carbonyl (C=O) groups excluding carboxylic acids is 2. The van der Waals surface area contributed by atoms with Crippen molar-refractivity contribution in [1.82, 2.24) is 49.2 Å². The quantitative estimate of drug-likeness (QED) is 0.182. The van der Waals surface area contributed by atoms with E-state index >= 15 is 0 Å². The molecule has 11 rings (SSSR count). The molecule has 4 N–H and O–H groups in total. The lowest BCUT2D eigenvalue weighted by molar-refractivity contribution is 0.0376. The predicted octanol–water partition coefficient (Wildman–Crippen LogP) is 5.05. The van der Waals surface area contributed by atoms with Gasteiger partial charge in [-0.05, 0) is 72.8 Å². The molecule has 0 radical (unpaired) electrons. The maximum Gasteiger partial charge on any atom is 0.364 e. The fraction of sp³-hybridized carbons (Fsp3) is 0.130. The van der Waals surface area contributed by atoms with Gasteiger partial charge in [0.25, 0.3) is 0 Å². The molecule has 3 aliphatic heterocycles. The van der Waals surface area contributed by atoms with E-state index in [9.17, 15) is 30.0 Å². The summed E-state index contributed by atoms with van der Waals surface area (Å²) >= 11 is 0. The second kappa shape index (κ2) is 16.4. The van der Waals surface area contributed by atoms with Gasteiger partial charge in [0.05, 0.1) is 79.5 Å². The second-order valence-corrected chi connectivity index (χ2v) is 15.3. The molecule has 18 heteroatoms. The smallest absolute Gasteiger partial charge is 0.364 e. The van der Waals surface area contributed by atoms with Gasteiger partial charge in [-0.15, -0.1) is 9.46 Å².